The fourth-order valence-electron chi connectivity index (χ4n) is 2.33. The molecule has 0 radical (unpaired) electrons. The Balaban J connectivity index is 1.63. The number of benzene rings is 2. The molecule has 132 valence electrons. The topological polar surface area (TPSA) is 89.8 Å². The van der Waals surface area contributed by atoms with Gasteiger partial charge in [0, 0.05) is 30.3 Å². The van der Waals surface area contributed by atoms with Gasteiger partial charge in [0.2, 0.25) is 11.1 Å². The molecule has 0 aliphatic rings. The summed E-state index contributed by atoms with van der Waals surface area (Å²) in [4.78, 5) is 24.9. The smallest absolute Gasteiger partial charge is 0.225 e. The summed E-state index contributed by atoms with van der Waals surface area (Å²) in [5.74, 6) is 0.247. The highest BCUT2D eigenvalue weighted by atomic mass is 32.2. The lowest BCUT2D eigenvalue weighted by Gasteiger charge is -2.10. The van der Waals surface area contributed by atoms with Crippen LogP contribution in [0.5, 0.6) is 0 Å². The minimum atomic E-state index is -0.166. The molecule has 8 heteroatoms. The lowest BCUT2D eigenvalue weighted by atomic mass is 10.0. The van der Waals surface area contributed by atoms with Crippen molar-refractivity contribution in [2.24, 2.45) is 7.05 Å². The van der Waals surface area contributed by atoms with Crippen molar-refractivity contribution >= 4 is 29.1 Å². The van der Waals surface area contributed by atoms with E-state index in [0.717, 1.165) is 0 Å². The zero-order valence-corrected chi connectivity index (χ0v) is 14.9. The molecule has 0 fully saturated rings. The number of carbonyl (C=O) groups is 2. The highest BCUT2D eigenvalue weighted by molar-refractivity contribution is 7.99. The third kappa shape index (κ3) is 4.34. The fraction of sp³-hybridized carbons (Fsp3) is 0.167. The molecule has 1 aromatic heterocycles. The normalized spacial score (nSPS) is 10.5. The maximum Gasteiger partial charge on any atom is 0.225 e. The van der Waals surface area contributed by atoms with Crippen molar-refractivity contribution in [3.05, 3.63) is 65.7 Å². The molecule has 3 rings (SSSR count). The first-order valence-corrected chi connectivity index (χ1v) is 8.97. The van der Waals surface area contributed by atoms with Crippen LogP contribution in [0, 0.1) is 0 Å². The summed E-state index contributed by atoms with van der Waals surface area (Å²) in [5, 5.41) is 14.6. The summed E-state index contributed by atoms with van der Waals surface area (Å²) >= 11 is 1.40. The van der Waals surface area contributed by atoms with E-state index in [-0.39, 0.29) is 18.1 Å². The molecule has 26 heavy (non-hydrogen) atoms. The van der Waals surface area contributed by atoms with E-state index in [4.69, 9.17) is 0 Å². The van der Waals surface area contributed by atoms with Gasteiger partial charge < -0.3 is 5.32 Å². The Morgan fingerprint density at radius 3 is 2.54 bits per heavy atom. The molecule has 1 N–H and O–H groups in total. The predicted molar refractivity (Wildman–Crippen MR) is 99.1 cm³/mol. The van der Waals surface area contributed by atoms with Gasteiger partial charge in [-0.3, -0.25) is 9.59 Å². The van der Waals surface area contributed by atoms with Crippen LogP contribution >= 0.6 is 11.8 Å². The van der Waals surface area contributed by atoms with Crippen molar-refractivity contribution < 1.29 is 9.59 Å². The molecule has 7 nitrogen and oxygen atoms in total. The van der Waals surface area contributed by atoms with Crippen molar-refractivity contribution in [1.29, 1.82) is 0 Å². The number of hydrogen-bond acceptors (Lipinski definition) is 6. The first kappa shape index (κ1) is 17.8. The van der Waals surface area contributed by atoms with Gasteiger partial charge in [-0.25, -0.2) is 4.68 Å². The molecule has 0 spiro atoms. The molecule has 1 heterocycles. The van der Waals surface area contributed by atoms with Crippen LogP contribution in [0.15, 0.2) is 59.8 Å². The van der Waals surface area contributed by atoms with Gasteiger partial charge in [0.1, 0.15) is 0 Å². The number of para-hydroxylation sites is 1. The summed E-state index contributed by atoms with van der Waals surface area (Å²) in [6.45, 7) is 0. The van der Waals surface area contributed by atoms with Crippen LogP contribution in [0.1, 0.15) is 22.3 Å². The molecule has 0 bridgehead atoms. The first-order valence-electron chi connectivity index (χ1n) is 7.99. The fourth-order valence-corrected chi connectivity index (χ4v) is 3.11. The largest absolute Gasteiger partial charge is 0.325 e. The molecular weight excluding hydrogens is 350 g/mol. The molecule has 2 aromatic carbocycles. The van der Waals surface area contributed by atoms with Crippen molar-refractivity contribution in [3.63, 3.8) is 0 Å². The Morgan fingerprint density at radius 1 is 1.08 bits per heavy atom. The van der Waals surface area contributed by atoms with Gasteiger partial charge in [-0.05, 0) is 22.6 Å². The molecule has 1 amide bonds. The molecular formula is C18H17N5O2S. The third-order valence-corrected chi connectivity index (χ3v) is 4.64. The number of aryl methyl sites for hydroxylation is 1. The van der Waals surface area contributed by atoms with Crippen LogP contribution < -0.4 is 5.32 Å². The number of rotatable bonds is 7. The Bertz CT molecular complexity index is 911. The zero-order chi connectivity index (χ0) is 18.4. The number of anilines is 1. The Hall–Kier alpha value is -3.00. The number of nitrogens with zero attached hydrogens (tertiary/aromatic N) is 4. The lowest BCUT2D eigenvalue weighted by Crippen LogP contribution is -2.15. The number of amides is 1. The number of carbonyl (C=O) groups excluding carboxylic acids is 2. The van der Waals surface area contributed by atoms with Crippen molar-refractivity contribution in [2.45, 2.75) is 11.6 Å². The molecule has 0 aliphatic carbocycles. The van der Waals surface area contributed by atoms with Crippen molar-refractivity contribution in [2.75, 3.05) is 11.1 Å². The van der Waals surface area contributed by atoms with Gasteiger partial charge in [-0.1, -0.05) is 54.2 Å². The summed E-state index contributed by atoms with van der Waals surface area (Å²) in [5.41, 5.74) is 1.56. The van der Waals surface area contributed by atoms with E-state index in [2.05, 4.69) is 20.8 Å². The highest BCUT2D eigenvalue weighted by Crippen LogP contribution is 2.20. The van der Waals surface area contributed by atoms with Crippen LogP contribution in [0.3, 0.4) is 0 Å². The van der Waals surface area contributed by atoms with Gasteiger partial charge in [0.25, 0.3) is 0 Å². The molecule has 0 aliphatic heterocycles. The average Bonchev–Trinajstić information content (AvgIpc) is 3.07. The number of aromatic nitrogens is 4. The van der Waals surface area contributed by atoms with Crippen LogP contribution in [0.2, 0.25) is 0 Å². The molecule has 0 saturated carbocycles. The number of nitrogens with one attached hydrogen (secondary N) is 1. The molecule has 0 atom stereocenters. The van der Waals surface area contributed by atoms with Gasteiger partial charge >= 0.3 is 0 Å². The van der Waals surface area contributed by atoms with Gasteiger partial charge in [0.05, 0.1) is 5.69 Å². The van der Waals surface area contributed by atoms with Crippen LogP contribution in [-0.2, 0) is 11.8 Å². The molecule has 0 saturated heterocycles. The van der Waals surface area contributed by atoms with Gasteiger partial charge in [-0.2, -0.15) is 0 Å². The zero-order valence-electron chi connectivity index (χ0n) is 14.1. The first-order chi connectivity index (χ1) is 12.6. The minimum absolute atomic E-state index is 0.124. The SMILES string of the molecule is Cn1nnnc1SCCC(=O)Nc1ccccc1C(=O)c1ccccc1. The second kappa shape index (κ2) is 8.39. The number of tetrazole rings is 1. The average molecular weight is 367 g/mol. The van der Waals surface area contributed by atoms with Crippen LogP contribution in [0.4, 0.5) is 5.69 Å². The van der Waals surface area contributed by atoms with Crippen molar-refractivity contribution in [3.8, 4) is 0 Å². The van der Waals surface area contributed by atoms with Crippen LogP contribution in [0.25, 0.3) is 0 Å². The third-order valence-electron chi connectivity index (χ3n) is 3.62. The summed E-state index contributed by atoms with van der Waals surface area (Å²) < 4.78 is 1.55. The van der Waals surface area contributed by atoms with Gasteiger partial charge in [0.15, 0.2) is 5.78 Å². The van der Waals surface area contributed by atoms with E-state index >= 15 is 0 Å². The second-order valence-corrected chi connectivity index (χ2v) is 6.53. The quantitative estimate of drug-likeness (QED) is 0.510. The maximum atomic E-state index is 12.7. The van der Waals surface area contributed by atoms with E-state index in [1.807, 2.05) is 18.2 Å². The predicted octanol–water partition coefficient (Wildman–Crippen LogP) is 2.56. The molecule has 0 unspecified atom stereocenters. The number of thioether (sulfide) groups is 1. The van der Waals surface area contributed by atoms with E-state index in [0.29, 0.717) is 27.7 Å². The highest BCUT2D eigenvalue weighted by Gasteiger charge is 2.15. The van der Waals surface area contributed by atoms with E-state index in [9.17, 15) is 9.59 Å². The summed E-state index contributed by atoms with van der Waals surface area (Å²) in [6.07, 6.45) is 0.283. The minimum Gasteiger partial charge on any atom is -0.325 e. The summed E-state index contributed by atoms with van der Waals surface area (Å²) in [6, 6.07) is 16.0. The maximum absolute atomic E-state index is 12.7. The van der Waals surface area contributed by atoms with Crippen molar-refractivity contribution in [1.82, 2.24) is 20.2 Å². The van der Waals surface area contributed by atoms with E-state index < -0.39 is 0 Å². The van der Waals surface area contributed by atoms with Gasteiger partial charge in [-0.15, -0.1) is 5.10 Å². The molecule has 3 aromatic rings. The lowest BCUT2D eigenvalue weighted by molar-refractivity contribution is -0.115. The number of hydrogen-bond donors (Lipinski definition) is 1. The Labute approximate surface area is 154 Å². The standard InChI is InChI=1S/C18H17N5O2S/c1-23-18(20-21-22-23)26-12-11-16(24)19-15-10-6-5-9-14(15)17(25)13-7-3-2-4-8-13/h2-10H,11-12H2,1H3,(H,19,24). The van der Waals surface area contributed by atoms with E-state index in [1.54, 1.807) is 48.1 Å². The summed E-state index contributed by atoms with van der Waals surface area (Å²) in [7, 11) is 1.74. The Morgan fingerprint density at radius 2 is 1.81 bits per heavy atom. The monoisotopic (exact) mass is 367 g/mol. The second-order valence-electron chi connectivity index (χ2n) is 5.47. The van der Waals surface area contributed by atoms with E-state index in [1.165, 1.54) is 11.8 Å². The van der Waals surface area contributed by atoms with Crippen LogP contribution in [-0.4, -0.2) is 37.7 Å². The Kier molecular flexibility index (Phi) is 5.75. The number of ketones is 1.